The molecule has 0 radical (unpaired) electrons. The van der Waals surface area contributed by atoms with Crippen LogP contribution in [0.15, 0.2) is 5.38 Å². The summed E-state index contributed by atoms with van der Waals surface area (Å²) in [6.45, 7) is 8.62. The van der Waals surface area contributed by atoms with Gasteiger partial charge >= 0.3 is 0 Å². The molecule has 1 saturated carbocycles. The maximum absolute atomic E-state index is 5.80. The van der Waals surface area contributed by atoms with E-state index in [4.69, 9.17) is 5.73 Å². The van der Waals surface area contributed by atoms with Crippen LogP contribution in [0.4, 0.5) is 0 Å². The summed E-state index contributed by atoms with van der Waals surface area (Å²) >= 11 is 1.66. The first-order valence-corrected chi connectivity index (χ1v) is 7.32. The number of aromatic nitrogens is 1. The third-order valence-electron chi connectivity index (χ3n) is 3.86. The highest BCUT2D eigenvalue weighted by Gasteiger charge is 2.44. The first-order chi connectivity index (χ1) is 8.03. The lowest BCUT2D eigenvalue weighted by atomic mass is 9.92. The van der Waals surface area contributed by atoms with Crippen molar-refractivity contribution in [2.75, 3.05) is 6.54 Å². The van der Waals surface area contributed by atoms with Gasteiger partial charge in [0.1, 0.15) is 5.01 Å². The standard InChI is InChI=1S/C13H23N3S/c1-9(2)13(4-5-13)8-15-6-11-7-17-12(16-11)10(3)14/h7,9-10,15H,4-6,8,14H2,1-3H3. The topological polar surface area (TPSA) is 50.9 Å². The molecule has 1 unspecified atom stereocenters. The van der Waals surface area contributed by atoms with E-state index in [0.717, 1.165) is 29.7 Å². The van der Waals surface area contributed by atoms with Crippen LogP contribution in [0.5, 0.6) is 0 Å². The van der Waals surface area contributed by atoms with Crippen molar-refractivity contribution in [1.29, 1.82) is 0 Å². The molecule has 1 aromatic heterocycles. The third-order valence-corrected chi connectivity index (χ3v) is 4.95. The molecule has 0 aliphatic heterocycles. The Morgan fingerprint density at radius 3 is 2.65 bits per heavy atom. The summed E-state index contributed by atoms with van der Waals surface area (Å²) < 4.78 is 0. The van der Waals surface area contributed by atoms with Gasteiger partial charge in [0.2, 0.25) is 0 Å². The van der Waals surface area contributed by atoms with Gasteiger partial charge in [0.05, 0.1) is 11.7 Å². The van der Waals surface area contributed by atoms with Gasteiger partial charge in [-0.25, -0.2) is 4.98 Å². The molecular weight excluding hydrogens is 230 g/mol. The summed E-state index contributed by atoms with van der Waals surface area (Å²) in [6, 6.07) is 0.0548. The van der Waals surface area contributed by atoms with Crippen molar-refractivity contribution in [2.45, 2.75) is 46.2 Å². The van der Waals surface area contributed by atoms with Crippen molar-refractivity contribution in [3.8, 4) is 0 Å². The molecule has 3 N–H and O–H groups in total. The number of thiazole rings is 1. The number of hydrogen-bond donors (Lipinski definition) is 2. The largest absolute Gasteiger partial charge is 0.322 e. The molecule has 1 atom stereocenters. The lowest BCUT2D eigenvalue weighted by Crippen LogP contribution is -2.27. The van der Waals surface area contributed by atoms with E-state index in [1.165, 1.54) is 12.8 Å². The van der Waals surface area contributed by atoms with Crippen LogP contribution in [0.2, 0.25) is 0 Å². The van der Waals surface area contributed by atoms with Crippen LogP contribution in [-0.2, 0) is 6.54 Å². The Morgan fingerprint density at radius 2 is 2.18 bits per heavy atom. The van der Waals surface area contributed by atoms with Crippen LogP contribution < -0.4 is 11.1 Å². The fraction of sp³-hybridized carbons (Fsp3) is 0.769. The van der Waals surface area contributed by atoms with Gasteiger partial charge in [0.15, 0.2) is 0 Å². The van der Waals surface area contributed by atoms with E-state index in [1.807, 2.05) is 6.92 Å². The monoisotopic (exact) mass is 253 g/mol. The minimum absolute atomic E-state index is 0.0548. The molecule has 2 rings (SSSR count). The molecule has 1 heterocycles. The molecule has 0 bridgehead atoms. The van der Waals surface area contributed by atoms with Gasteiger partial charge in [0, 0.05) is 18.5 Å². The van der Waals surface area contributed by atoms with Crippen molar-refractivity contribution >= 4 is 11.3 Å². The second kappa shape index (κ2) is 5.04. The fourth-order valence-electron chi connectivity index (χ4n) is 2.17. The molecule has 96 valence electrons. The average molecular weight is 253 g/mol. The molecule has 1 aliphatic carbocycles. The van der Waals surface area contributed by atoms with Gasteiger partial charge in [-0.1, -0.05) is 13.8 Å². The lowest BCUT2D eigenvalue weighted by molar-refractivity contribution is 0.337. The van der Waals surface area contributed by atoms with Crippen LogP contribution in [0.25, 0.3) is 0 Å². The first-order valence-electron chi connectivity index (χ1n) is 6.44. The Balaban J connectivity index is 1.78. The zero-order valence-corrected chi connectivity index (χ0v) is 11.8. The Kier molecular flexibility index (Phi) is 3.85. The number of hydrogen-bond acceptors (Lipinski definition) is 4. The van der Waals surface area contributed by atoms with E-state index in [0.29, 0.717) is 5.41 Å². The molecule has 0 saturated heterocycles. The molecule has 4 heteroatoms. The predicted octanol–water partition coefficient (Wildman–Crippen LogP) is 2.69. The number of nitrogens with zero attached hydrogens (tertiary/aromatic N) is 1. The Bertz CT molecular complexity index is 366. The SMILES string of the molecule is CC(N)c1nc(CNCC2(C(C)C)CC2)cs1. The Morgan fingerprint density at radius 1 is 1.47 bits per heavy atom. The van der Waals surface area contributed by atoms with E-state index >= 15 is 0 Å². The van der Waals surface area contributed by atoms with Gasteiger partial charge in [-0.2, -0.15) is 0 Å². The van der Waals surface area contributed by atoms with Gasteiger partial charge in [-0.05, 0) is 31.1 Å². The zero-order valence-electron chi connectivity index (χ0n) is 11.0. The van der Waals surface area contributed by atoms with E-state index in [-0.39, 0.29) is 6.04 Å². The molecule has 0 amide bonds. The average Bonchev–Trinajstić information content (AvgIpc) is 2.89. The molecule has 1 aliphatic rings. The highest BCUT2D eigenvalue weighted by Crippen LogP contribution is 2.51. The predicted molar refractivity (Wildman–Crippen MR) is 72.9 cm³/mol. The number of nitrogens with two attached hydrogens (primary N) is 1. The molecule has 1 aromatic rings. The summed E-state index contributed by atoms with van der Waals surface area (Å²) in [5, 5.41) is 6.69. The summed E-state index contributed by atoms with van der Waals surface area (Å²) in [5.74, 6) is 0.782. The Labute approximate surface area is 108 Å². The molecule has 1 fully saturated rings. The second-order valence-corrected chi connectivity index (χ2v) is 6.48. The van der Waals surface area contributed by atoms with Crippen molar-refractivity contribution in [1.82, 2.24) is 10.3 Å². The minimum atomic E-state index is 0.0548. The molecule has 17 heavy (non-hydrogen) atoms. The van der Waals surface area contributed by atoms with Crippen LogP contribution in [0.3, 0.4) is 0 Å². The van der Waals surface area contributed by atoms with Gasteiger partial charge in [-0.15, -0.1) is 11.3 Å². The van der Waals surface area contributed by atoms with Crippen molar-refractivity contribution in [3.05, 3.63) is 16.1 Å². The third kappa shape index (κ3) is 3.06. The highest BCUT2D eigenvalue weighted by molar-refractivity contribution is 7.09. The summed E-state index contributed by atoms with van der Waals surface area (Å²) in [4.78, 5) is 4.53. The fourth-order valence-corrected chi connectivity index (χ4v) is 2.95. The smallest absolute Gasteiger partial charge is 0.109 e. The van der Waals surface area contributed by atoms with Gasteiger partial charge in [-0.3, -0.25) is 0 Å². The first kappa shape index (κ1) is 13.0. The van der Waals surface area contributed by atoms with Crippen LogP contribution in [0.1, 0.15) is 50.4 Å². The van der Waals surface area contributed by atoms with Crippen molar-refractivity contribution in [2.24, 2.45) is 17.1 Å². The maximum atomic E-state index is 5.80. The van der Waals surface area contributed by atoms with E-state index in [9.17, 15) is 0 Å². The van der Waals surface area contributed by atoms with Gasteiger partial charge in [0.25, 0.3) is 0 Å². The van der Waals surface area contributed by atoms with Crippen LogP contribution in [-0.4, -0.2) is 11.5 Å². The molecule has 3 nitrogen and oxygen atoms in total. The van der Waals surface area contributed by atoms with Crippen LogP contribution in [0, 0.1) is 11.3 Å². The van der Waals surface area contributed by atoms with Crippen molar-refractivity contribution in [3.63, 3.8) is 0 Å². The molecule has 0 aromatic carbocycles. The maximum Gasteiger partial charge on any atom is 0.109 e. The molecular formula is C13H23N3S. The van der Waals surface area contributed by atoms with Crippen LogP contribution >= 0.6 is 11.3 Å². The van der Waals surface area contributed by atoms with Crippen molar-refractivity contribution < 1.29 is 0 Å². The quantitative estimate of drug-likeness (QED) is 0.819. The zero-order chi connectivity index (χ0) is 12.5. The lowest BCUT2D eigenvalue weighted by Gasteiger charge is -2.19. The normalized spacial score (nSPS) is 19.6. The highest BCUT2D eigenvalue weighted by atomic mass is 32.1. The summed E-state index contributed by atoms with van der Waals surface area (Å²) in [6.07, 6.45) is 2.75. The number of rotatable bonds is 6. The summed E-state index contributed by atoms with van der Waals surface area (Å²) in [7, 11) is 0. The second-order valence-electron chi connectivity index (χ2n) is 5.59. The van der Waals surface area contributed by atoms with E-state index in [2.05, 4.69) is 29.5 Å². The number of nitrogens with one attached hydrogen (secondary N) is 1. The summed E-state index contributed by atoms with van der Waals surface area (Å²) in [5.41, 5.74) is 7.50. The molecule has 0 spiro atoms. The van der Waals surface area contributed by atoms with E-state index < -0.39 is 0 Å². The van der Waals surface area contributed by atoms with Gasteiger partial charge < -0.3 is 11.1 Å². The van der Waals surface area contributed by atoms with E-state index in [1.54, 1.807) is 11.3 Å². The minimum Gasteiger partial charge on any atom is -0.322 e. The Hall–Kier alpha value is -0.450.